The van der Waals surface area contributed by atoms with Crippen LogP contribution in [0.3, 0.4) is 0 Å². The lowest BCUT2D eigenvalue weighted by molar-refractivity contribution is 0.155. The summed E-state index contributed by atoms with van der Waals surface area (Å²) in [5.74, 6) is 0.549. The third kappa shape index (κ3) is 1.42. The van der Waals surface area contributed by atoms with Gasteiger partial charge in [-0.3, -0.25) is 0 Å². The summed E-state index contributed by atoms with van der Waals surface area (Å²) in [4.78, 5) is 2.34. The van der Waals surface area contributed by atoms with E-state index in [1.807, 2.05) is 6.07 Å². The molecule has 0 bridgehead atoms. The average Bonchev–Trinajstić information content (AvgIpc) is 2.62. The Morgan fingerprint density at radius 3 is 2.81 bits per heavy atom. The molecule has 0 amide bonds. The van der Waals surface area contributed by atoms with Gasteiger partial charge in [-0.2, -0.15) is 0 Å². The number of nitrogens with zero attached hydrogens (tertiary/aromatic N) is 1. The van der Waals surface area contributed by atoms with E-state index in [1.165, 1.54) is 11.6 Å². The summed E-state index contributed by atoms with van der Waals surface area (Å²) >= 11 is 0. The number of fused-ring (bicyclic) bond motifs is 2. The maximum absolute atomic E-state index is 13.1. The molecular weight excluding hydrogens is 205 g/mol. The van der Waals surface area contributed by atoms with Crippen molar-refractivity contribution < 1.29 is 9.13 Å². The van der Waals surface area contributed by atoms with E-state index >= 15 is 0 Å². The molecule has 3 heteroatoms. The predicted octanol–water partition coefficient (Wildman–Crippen LogP) is 2.18. The first-order valence-electron chi connectivity index (χ1n) is 5.81. The first-order chi connectivity index (χ1) is 7.70. The van der Waals surface area contributed by atoms with Crippen LogP contribution in [0, 0.1) is 5.82 Å². The van der Waals surface area contributed by atoms with E-state index in [4.69, 9.17) is 4.74 Å². The van der Waals surface area contributed by atoms with Crippen molar-refractivity contribution in [3.63, 3.8) is 0 Å². The van der Waals surface area contributed by atoms with E-state index in [-0.39, 0.29) is 11.2 Å². The van der Waals surface area contributed by atoms with Gasteiger partial charge in [0, 0.05) is 17.0 Å². The van der Waals surface area contributed by atoms with E-state index in [1.54, 1.807) is 6.07 Å². The van der Waals surface area contributed by atoms with Gasteiger partial charge >= 0.3 is 0 Å². The van der Waals surface area contributed by atoms with Crippen molar-refractivity contribution in [2.24, 2.45) is 0 Å². The summed E-state index contributed by atoms with van der Waals surface area (Å²) in [6, 6.07) is 4.97. The number of ether oxygens (including phenoxy) is 1. The van der Waals surface area contributed by atoms with E-state index in [0.717, 1.165) is 38.3 Å². The van der Waals surface area contributed by atoms with Crippen LogP contribution in [-0.2, 0) is 5.41 Å². The zero-order valence-electron chi connectivity index (χ0n) is 9.50. The van der Waals surface area contributed by atoms with Crippen LogP contribution < -0.4 is 4.74 Å². The smallest absolute Gasteiger partial charge is 0.126 e. The maximum atomic E-state index is 13.1. The lowest BCUT2D eigenvalue weighted by Gasteiger charge is -2.36. The molecule has 2 aliphatic rings. The van der Waals surface area contributed by atoms with Crippen molar-refractivity contribution in [1.29, 1.82) is 0 Å². The number of hydrogen-bond acceptors (Lipinski definition) is 2. The van der Waals surface area contributed by atoms with Gasteiger partial charge in [-0.05, 0) is 39.0 Å². The second-order valence-electron chi connectivity index (χ2n) is 5.01. The Hall–Kier alpha value is -1.09. The lowest BCUT2D eigenvalue weighted by Crippen LogP contribution is -2.41. The van der Waals surface area contributed by atoms with Crippen molar-refractivity contribution in [2.75, 3.05) is 26.7 Å². The molecule has 1 aromatic carbocycles. The van der Waals surface area contributed by atoms with E-state index < -0.39 is 0 Å². The topological polar surface area (TPSA) is 12.5 Å². The molecule has 0 unspecified atom stereocenters. The molecular formula is C13H16FNO. The van der Waals surface area contributed by atoms with Gasteiger partial charge in [0.25, 0.3) is 0 Å². The monoisotopic (exact) mass is 221 g/mol. The molecule has 0 radical (unpaired) electrons. The molecule has 2 aliphatic heterocycles. The number of piperidine rings is 1. The summed E-state index contributed by atoms with van der Waals surface area (Å²) in [5, 5.41) is 0. The summed E-state index contributed by atoms with van der Waals surface area (Å²) in [6.07, 6.45) is 2.23. The summed E-state index contributed by atoms with van der Waals surface area (Å²) in [5.41, 5.74) is 1.36. The van der Waals surface area contributed by atoms with E-state index in [0.29, 0.717) is 0 Å². The summed E-state index contributed by atoms with van der Waals surface area (Å²) in [7, 11) is 2.15. The highest BCUT2D eigenvalue weighted by molar-refractivity contribution is 5.44. The van der Waals surface area contributed by atoms with Gasteiger partial charge < -0.3 is 9.64 Å². The van der Waals surface area contributed by atoms with Gasteiger partial charge in [-0.15, -0.1) is 0 Å². The van der Waals surface area contributed by atoms with Gasteiger partial charge in [-0.25, -0.2) is 4.39 Å². The Balaban J connectivity index is 1.96. The van der Waals surface area contributed by atoms with Crippen molar-refractivity contribution in [1.82, 2.24) is 4.90 Å². The molecule has 2 nitrogen and oxygen atoms in total. The Labute approximate surface area is 95.0 Å². The highest BCUT2D eigenvalue weighted by Gasteiger charge is 2.42. The number of hydrogen-bond donors (Lipinski definition) is 0. The Bertz CT molecular complexity index is 410. The number of rotatable bonds is 0. The average molecular weight is 221 g/mol. The molecule has 0 aliphatic carbocycles. The lowest BCUT2D eigenvalue weighted by atomic mass is 9.74. The van der Waals surface area contributed by atoms with Crippen LogP contribution in [0.4, 0.5) is 4.39 Å². The van der Waals surface area contributed by atoms with Crippen molar-refractivity contribution in [2.45, 2.75) is 18.3 Å². The number of likely N-dealkylation sites (tertiary alicyclic amines) is 1. The normalized spacial score (nSPS) is 23.1. The van der Waals surface area contributed by atoms with E-state index in [9.17, 15) is 4.39 Å². The van der Waals surface area contributed by atoms with Crippen LogP contribution in [0.5, 0.6) is 5.75 Å². The van der Waals surface area contributed by atoms with Crippen LogP contribution in [0.25, 0.3) is 0 Å². The quantitative estimate of drug-likeness (QED) is 0.666. The minimum atomic E-state index is -0.205. The fourth-order valence-corrected chi connectivity index (χ4v) is 2.81. The molecule has 1 saturated heterocycles. The van der Waals surface area contributed by atoms with Crippen molar-refractivity contribution in [3.8, 4) is 5.75 Å². The maximum Gasteiger partial charge on any atom is 0.126 e. The van der Waals surface area contributed by atoms with Gasteiger partial charge in [0.05, 0.1) is 6.61 Å². The highest BCUT2D eigenvalue weighted by Crippen LogP contribution is 2.45. The minimum absolute atomic E-state index is 0.148. The molecule has 1 aromatic rings. The molecule has 2 heterocycles. The third-order valence-corrected chi connectivity index (χ3v) is 3.96. The first-order valence-corrected chi connectivity index (χ1v) is 5.81. The summed E-state index contributed by atoms with van der Waals surface area (Å²) in [6.45, 7) is 2.92. The van der Waals surface area contributed by atoms with Gasteiger partial charge in [-0.1, -0.05) is 6.07 Å². The molecule has 3 rings (SSSR count). The van der Waals surface area contributed by atoms with Crippen LogP contribution in [0.1, 0.15) is 18.4 Å². The zero-order chi connectivity index (χ0) is 11.2. The highest BCUT2D eigenvalue weighted by atomic mass is 19.1. The van der Waals surface area contributed by atoms with Gasteiger partial charge in [0.15, 0.2) is 0 Å². The SMILES string of the molecule is CN1CCC2(CC1)COc1cc(F)ccc12. The first kappa shape index (κ1) is 10.1. The largest absolute Gasteiger partial charge is 0.492 e. The van der Waals surface area contributed by atoms with Gasteiger partial charge in [0.2, 0.25) is 0 Å². The van der Waals surface area contributed by atoms with Crippen LogP contribution >= 0.6 is 0 Å². The zero-order valence-corrected chi connectivity index (χ0v) is 9.50. The molecule has 0 N–H and O–H groups in total. The van der Waals surface area contributed by atoms with Crippen LogP contribution in [-0.4, -0.2) is 31.6 Å². The van der Waals surface area contributed by atoms with E-state index in [2.05, 4.69) is 11.9 Å². The molecule has 16 heavy (non-hydrogen) atoms. The Kier molecular flexibility index (Phi) is 2.18. The molecule has 0 atom stereocenters. The number of benzene rings is 1. The second kappa shape index (κ2) is 3.45. The standard InChI is InChI=1S/C13H16FNO/c1-15-6-4-13(5-7-15)9-16-12-8-10(14)2-3-11(12)13/h2-3,8H,4-7,9H2,1H3. The number of halogens is 1. The Morgan fingerprint density at radius 1 is 1.31 bits per heavy atom. The fourth-order valence-electron chi connectivity index (χ4n) is 2.81. The fraction of sp³-hybridized carbons (Fsp3) is 0.538. The minimum Gasteiger partial charge on any atom is -0.492 e. The molecule has 1 spiro atoms. The Morgan fingerprint density at radius 2 is 2.06 bits per heavy atom. The molecule has 1 fully saturated rings. The van der Waals surface area contributed by atoms with Crippen molar-refractivity contribution in [3.05, 3.63) is 29.6 Å². The molecule has 0 saturated carbocycles. The van der Waals surface area contributed by atoms with Gasteiger partial charge in [0.1, 0.15) is 11.6 Å². The predicted molar refractivity (Wildman–Crippen MR) is 60.3 cm³/mol. The summed E-state index contributed by atoms with van der Waals surface area (Å²) < 4.78 is 18.7. The van der Waals surface area contributed by atoms with Crippen LogP contribution in [0.2, 0.25) is 0 Å². The molecule has 0 aromatic heterocycles. The van der Waals surface area contributed by atoms with Crippen LogP contribution in [0.15, 0.2) is 18.2 Å². The van der Waals surface area contributed by atoms with Crippen molar-refractivity contribution >= 4 is 0 Å². The molecule has 86 valence electrons. The third-order valence-electron chi connectivity index (χ3n) is 3.96. The second-order valence-corrected chi connectivity index (χ2v) is 5.01.